The summed E-state index contributed by atoms with van der Waals surface area (Å²) < 4.78 is 10.5. The Morgan fingerprint density at radius 1 is 1.12 bits per heavy atom. The van der Waals surface area contributed by atoms with Gasteiger partial charge in [0.15, 0.2) is 6.61 Å². The van der Waals surface area contributed by atoms with Crippen LogP contribution in [0.15, 0.2) is 42.5 Å². The number of ether oxygens (including phenoxy) is 2. The molecular formula is C24H30N4O6. The SMILES string of the molecule is COc1ccc(NC(=O)[C@@H]2Cc3ccc(OCC(=O)NO)cc3CN2C(=O)[C@@H](N)C(C)C)cc1. The molecule has 34 heavy (non-hydrogen) atoms. The van der Waals surface area contributed by atoms with E-state index in [9.17, 15) is 14.4 Å². The van der Waals surface area contributed by atoms with Crippen molar-refractivity contribution in [1.29, 1.82) is 0 Å². The number of methoxy groups -OCH3 is 1. The maximum absolute atomic E-state index is 13.2. The molecule has 2 aromatic carbocycles. The third-order valence-corrected chi connectivity index (χ3v) is 5.75. The minimum absolute atomic E-state index is 0.106. The van der Waals surface area contributed by atoms with E-state index in [2.05, 4.69) is 5.32 Å². The van der Waals surface area contributed by atoms with Crippen LogP contribution in [0.4, 0.5) is 5.69 Å². The summed E-state index contributed by atoms with van der Waals surface area (Å²) in [6, 6.07) is 10.6. The van der Waals surface area contributed by atoms with Crippen molar-refractivity contribution in [2.75, 3.05) is 19.0 Å². The summed E-state index contributed by atoms with van der Waals surface area (Å²) in [6.07, 6.45) is 0.297. The number of hydrogen-bond acceptors (Lipinski definition) is 7. The van der Waals surface area contributed by atoms with Crippen LogP contribution in [0.25, 0.3) is 0 Å². The average molecular weight is 471 g/mol. The molecule has 0 spiro atoms. The molecule has 10 heteroatoms. The predicted octanol–water partition coefficient (Wildman–Crippen LogP) is 1.45. The largest absolute Gasteiger partial charge is 0.497 e. The Bertz CT molecular complexity index is 1040. The van der Waals surface area contributed by atoms with Gasteiger partial charge < -0.3 is 25.4 Å². The highest BCUT2D eigenvalue weighted by Crippen LogP contribution is 2.29. The molecule has 2 atom stereocenters. The highest BCUT2D eigenvalue weighted by molar-refractivity contribution is 5.98. The fraction of sp³-hybridized carbons (Fsp3) is 0.375. The van der Waals surface area contributed by atoms with Gasteiger partial charge in [-0.15, -0.1) is 0 Å². The molecule has 2 aromatic rings. The standard InChI is InChI=1S/C24H30N4O6/c1-14(2)22(25)24(31)28-12-16-10-19(34-13-21(29)27-32)7-4-15(16)11-20(28)23(30)26-17-5-8-18(33-3)9-6-17/h4-10,14,20,22,32H,11-13,25H2,1-3H3,(H,26,30)(H,27,29)/t20-,22-/m0/s1. The Hall–Kier alpha value is -3.63. The van der Waals surface area contributed by atoms with Crippen molar-refractivity contribution in [2.24, 2.45) is 11.7 Å². The molecule has 0 aliphatic carbocycles. The first-order valence-electron chi connectivity index (χ1n) is 10.9. The number of amides is 3. The third kappa shape index (κ3) is 5.83. The van der Waals surface area contributed by atoms with E-state index in [4.69, 9.17) is 20.4 Å². The van der Waals surface area contributed by atoms with Crippen LogP contribution in [0.1, 0.15) is 25.0 Å². The molecule has 1 aliphatic heterocycles. The molecule has 1 aliphatic rings. The lowest BCUT2D eigenvalue weighted by atomic mass is 9.91. The fourth-order valence-electron chi connectivity index (χ4n) is 3.67. The zero-order chi connectivity index (χ0) is 24.8. The number of nitrogens with one attached hydrogen (secondary N) is 2. The Morgan fingerprint density at radius 2 is 1.79 bits per heavy atom. The molecule has 3 amide bonds. The molecule has 0 bridgehead atoms. The molecule has 0 unspecified atom stereocenters. The van der Waals surface area contributed by atoms with Crippen LogP contribution >= 0.6 is 0 Å². The summed E-state index contributed by atoms with van der Waals surface area (Å²) in [6.45, 7) is 3.51. The van der Waals surface area contributed by atoms with Gasteiger partial charge in [0.25, 0.3) is 5.91 Å². The maximum atomic E-state index is 13.2. The van der Waals surface area contributed by atoms with Crippen molar-refractivity contribution < 1.29 is 29.1 Å². The van der Waals surface area contributed by atoms with E-state index >= 15 is 0 Å². The number of carbonyl (C=O) groups is 3. The van der Waals surface area contributed by atoms with E-state index in [-0.39, 0.29) is 30.9 Å². The van der Waals surface area contributed by atoms with Crippen LogP contribution in [0.5, 0.6) is 11.5 Å². The van der Waals surface area contributed by atoms with Crippen molar-refractivity contribution in [3.63, 3.8) is 0 Å². The molecule has 3 rings (SSSR count). The quantitative estimate of drug-likeness (QED) is 0.338. The number of anilines is 1. The molecule has 182 valence electrons. The number of hydroxylamine groups is 1. The second-order valence-electron chi connectivity index (χ2n) is 8.43. The molecule has 5 N–H and O–H groups in total. The number of rotatable bonds is 8. The summed E-state index contributed by atoms with van der Waals surface area (Å²) in [5.41, 5.74) is 9.92. The molecule has 0 radical (unpaired) electrons. The highest BCUT2D eigenvalue weighted by atomic mass is 16.5. The second kappa shape index (κ2) is 11.0. The van der Waals surface area contributed by atoms with Crippen molar-refractivity contribution in [1.82, 2.24) is 10.4 Å². The second-order valence-corrected chi connectivity index (χ2v) is 8.43. The van der Waals surface area contributed by atoms with Gasteiger partial charge in [-0.2, -0.15) is 0 Å². The van der Waals surface area contributed by atoms with Crippen LogP contribution in [0, 0.1) is 5.92 Å². The normalized spacial score (nSPS) is 15.8. The lowest BCUT2D eigenvalue weighted by Crippen LogP contribution is -2.56. The predicted molar refractivity (Wildman–Crippen MR) is 124 cm³/mol. The lowest BCUT2D eigenvalue weighted by molar-refractivity contribution is -0.141. The number of nitrogens with two attached hydrogens (primary N) is 1. The van der Waals surface area contributed by atoms with Gasteiger partial charge in [0.05, 0.1) is 13.2 Å². The van der Waals surface area contributed by atoms with Gasteiger partial charge in [-0.1, -0.05) is 19.9 Å². The molecular weight excluding hydrogens is 440 g/mol. The first kappa shape index (κ1) is 25.0. The van der Waals surface area contributed by atoms with Crippen molar-refractivity contribution >= 4 is 23.4 Å². The van der Waals surface area contributed by atoms with Gasteiger partial charge >= 0.3 is 0 Å². The zero-order valence-corrected chi connectivity index (χ0v) is 19.4. The Balaban J connectivity index is 1.85. The molecule has 1 heterocycles. The van der Waals surface area contributed by atoms with Crippen LogP contribution in [-0.4, -0.2) is 53.6 Å². The van der Waals surface area contributed by atoms with Gasteiger partial charge in [0.1, 0.15) is 17.5 Å². The molecule has 10 nitrogen and oxygen atoms in total. The van der Waals surface area contributed by atoms with E-state index in [0.717, 1.165) is 11.1 Å². The molecule has 0 fully saturated rings. The van der Waals surface area contributed by atoms with E-state index in [1.54, 1.807) is 49.6 Å². The zero-order valence-electron chi connectivity index (χ0n) is 19.4. The summed E-state index contributed by atoms with van der Waals surface area (Å²) in [7, 11) is 1.56. The van der Waals surface area contributed by atoms with E-state index in [1.807, 2.05) is 13.8 Å². The van der Waals surface area contributed by atoms with Crippen LogP contribution in [0.2, 0.25) is 0 Å². The first-order chi connectivity index (χ1) is 16.2. The van der Waals surface area contributed by atoms with Gasteiger partial charge in [0, 0.05) is 18.7 Å². The summed E-state index contributed by atoms with van der Waals surface area (Å²) in [5, 5.41) is 11.5. The maximum Gasteiger partial charge on any atom is 0.281 e. The smallest absolute Gasteiger partial charge is 0.281 e. The topological polar surface area (TPSA) is 143 Å². The Kier molecular flexibility index (Phi) is 8.08. The van der Waals surface area contributed by atoms with Gasteiger partial charge in [-0.3, -0.25) is 19.6 Å². The van der Waals surface area contributed by atoms with Crippen molar-refractivity contribution in [2.45, 2.75) is 38.9 Å². The minimum Gasteiger partial charge on any atom is -0.497 e. The first-order valence-corrected chi connectivity index (χ1v) is 10.9. The van der Waals surface area contributed by atoms with Gasteiger partial charge in [0.2, 0.25) is 11.8 Å². The Morgan fingerprint density at radius 3 is 2.41 bits per heavy atom. The van der Waals surface area contributed by atoms with E-state index in [0.29, 0.717) is 23.6 Å². The Labute approximate surface area is 198 Å². The number of fused-ring (bicyclic) bond motifs is 1. The molecule has 0 saturated heterocycles. The number of benzene rings is 2. The van der Waals surface area contributed by atoms with Crippen molar-refractivity contribution in [3.8, 4) is 11.5 Å². The highest BCUT2D eigenvalue weighted by Gasteiger charge is 2.37. The van der Waals surface area contributed by atoms with E-state index in [1.165, 1.54) is 10.4 Å². The summed E-state index contributed by atoms with van der Waals surface area (Å²) in [4.78, 5) is 39.2. The molecule has 0 aromatic heterocycles. The monoisotopic (exact) mass is 470 g/mol. The summed E-state index contributed by atoms with van der Waals surface area (Å²) >= 11 is 0. The lowest BCUT2D eigenvalue weighted by Gasteiger charge is -2.38. The number of carbonyl (C=O) groups excluding carboxylic acids is 3. The van der Waals surface area contributed by atoms with Crippen molar-refractivity contribution in [3.05, 3.63) is 53.6 Å². The van der Waals surface area contributed by atoms with Crippen LogP contribution in [0.3, 0.4) is 0 Å². The van der Waals surface area contributed by atoms with E-state index < -0.39 is 18.0 Å². The van der Waals surface area contributed by atoms with Crippen LogP contribution < -0.4 is 26.0 Å². The van der Waals surface area contributed by atoms with Gasteiger partial charge in [-0.25, -0.2) is 5.48 Å². The summed E-state index contributed by atoms with van der Waals surface area (Å²) in [5.74, 6) is -0.358. The fourth-order valence-corrected chi connectivity index (χ4v) is 3.67. The third-order valence-electron chi connectivity index (χ3n) is 5.75. The van der Waals surface area contributed by atoms with Crippen LogP contribution in [-0.2, 0) is 27.3 Å². The molecule has 0 saturated carbocycles. The minimum atomic E-state index is -0.759. The number of hydrogen-bond donors (Lipinski definition) is 4. The number of nitrogens with zero attached hydrogens (tertiary/aromatic N) is 1. The average Bonchev–Trinajstić information content (AvgIpc) is 2.85. The van der Waals surface area contributed by atoms with Gasteiger partial charge in [-0.05, 0) is 53.4 Å².